The number of carbonyl (C=O) groups is 1. The van der Waals surface area contributed by atoms with Crippen LogP contribution in [0.3, 0.4) is 0 Å². The van der Waals surface area contributed by atoms with Gasteiger partial charge in [-0.15, -0.1) is 0 Å². The topological polar surface area (TPSA) is 45.2 Å². The van der Waals surface area contributed by atoms with Crippen molar-refractivity contribution in [2.45, 2.75) is 18.9 Å². The van der Waals surface area contributed by atoms with E-state index in [2.05, 4.69) is 38.2 Å². The lowest BCUT2D eigenvalue weighted by atomic mass is 10.1. The summed E-state index contributed by atoms with van der Waals surface area (Å²) in [6.07, 6.45) is 3.65. The monoisotopic (exact) mass is 297 g/mol. The average Bonchev–Trinajstić information content (AvgIpc) is 2.32. The van der Waals surface area contributed by atoms with Crippen molar-refractivity contribution < 1.29 is 4.79 Å². The normalized spacial score (nSPS) is 18.0. The number of carbonyl (C=O) groups excluding carboxylic acids is 1. The van der Waals surface area contributed by atoms with E-state index in [1.54, 1.807) is 12.3 Å². The van der Waals surface area contributed by atoms with Crippen LogP contribution < -0.4 is 5.32 Å². The molecule has 1 aromatic rings. The summed E-state index contributed by atoms with van der Waals surface area (Å²) in [6, 6.07) is 3.90. The highest BCUT2D eigenvalue weighted by molar-refractivity contribution is 9.10. The predicted octanol–water partition coefficient (Wildman–Crippen LogP) is 1.67. The van der Waals surface area contributed by atoms with Gasteiger partial charge in [0.25, 0.3) is 5.91 Å². The summed E-state index contributed by atoms with van der Waals surface area (Å²) >= 11 is 3.34. The van der Waals surface area contributed by atoms with Gasteiger partial charge in [0, 0.05) is 16.7 Å². The third kappa shape index (κ3) is 3.26. The highest BCUT2D eigenvalue weighted by Gasteiger charge is 2.20. The van der Waals surface area contributed by atoms with Crippen molar-refractivity contribution in [2.75, 3.05) is 20.1 Å². The molecule has 1 aliphatic heterocycles. The van der Waals surface area contributed by atoms with Crippen molar-refractivity contribution >= 4 is 21.8 Å². The molecule has 0 atom stereocenters. The van der Waals surface area contributed by atoms with Crippen LogP contribution in [0.5, 0.6) is 0 Å². The van der Waals surface area contributed by atoms with Gasteiger partial charge in [-0.25, -0.2) is 4.98 Å². The summed E-state index contributed by atoms with van der Waals surface area (Å²) in [5.41, 5.74) is 0.464. The van der Waals surface area contributed by atoms with Crippen LogP contribution in [0.1, 0.15) is 23.3 Å². The number of hydrogen-bond donors (Lipinski definition) is 1. The molecule has 2 rings (SSSR count). The molecule has 17 heavy (non-hydrogen) atoms. The van der Waals surface area contributed by atoms with Gasteiger partial charge in [-0.3, -0.25) is 4.79 Å². The first-order valence-corrected chi connectivity index (χ1v) is 6.56. The Kier molecular flexibility index (Phi) is 4.12. The Hall–Kier alpha value is -0.940. The van der Waals surface area contributed by atoms with Crippen LogP contribution in [0.4, 0.5) is 0 Å². The van der Waals surface area contributed by atoms with Gasteiger partial charge in [0.15, 0.2) is 0 Å². The maximum Gasteiger partial charge on any atom is 0.271 e. The van der Waals surface area contributed by atoms with Crippen LogP contribution in [0, 0.1) is 0 Å². The molecule has 0 spiro atoms. The number of amides is 1. The molecule has 1 fully saturated rings. The maximum absolute atomic E-state index is 12.0. The van der Waals surface area contributed by atoms with E-state index in [0.717, 1.165) is 30.4 Å². The van der Waals surface area contributed by atoms with E-state index >= 15 is 0 Å². The lowest BCUT2D eigenvalue weighted by Gasteiger charge is -2.29. The first-order chi connectivity index (χ1) is 8.16. The van der Waals surface area contributed by atoms with Gasteiger partial charge < -0.3 is 10.2 Å². The summed E-state index contributed by atoms with van der Waals surface area (Å²) in [5, 5.41) is 3.04. The molecule has 0 aromatic carbocycles. The fraction of sp³-hybridized carbons (Fsp3) is 0.500. The van der Waals surface area contributed by atoms with Crippen molar-refractivity contribution in [3.05, 3.63) is 28.5 Å². The minimum Gasteiger partial charge on any atom is -0.348 e. The SMILES string of the molecule is CN1CCC(NC(=O)c2ncccc2Br)CC1. The zero-order valence-electron chi connectivity index (χ0n) is 9.82. The highest BCUT2D eigenvalue weighted by Crippen LogP contribution is 2.14. The second-order valence-electron chi connectivity index (χ2n) is 4.38. The molecule has 4 nitrogen and oxygen atoms in total. The number of nitrogens with one attached hydrogen (secondary N) is 1. The molecule has 92 valence electrons. The van der Waals surface area contributed by atoms with Crippen molar-refractivity contribution in [2.24, 2.45) is 0 Å². The number of likely N-dealkylation sites (tertiary alicyclic amines) is 1. The van der Waals surface area contributed by atoms with E-state index in [-0.39, 0.29) is 11.9 Å². The van der Waals surface area contributed by atoms with Crippen LogP contribution in [0.25, 0.3) is 0 Å². The number of nitrogens with zero attached hydrogens (tertiary/aromatic N) is 2. The fourth-order valence-electron chi connectivity index (χ4n) is 1.96. The van der Waals surface area contributed by atoms with E-state index in [1.165, 1.54) is 0 Å². The molecule has 2 heterocycles. The predicted molar refractivity (Wildman–Crippen MR) is 69.9 cm³/mol. The van der Waals surface area contributed by atoms with Crippen molar-refractivity contribution in [1.29, 1.82) is 0 Å². The van der Waals surface area contributed by atoms with Gasteiger partial charge in [-0.2, -0.15) is 0 Å². The Morgan fingerprint density at radius 3 is 2.88 bits per heavy atom. The first kappa shape index (κ1) is 12.5. The molecule has 0 bridgehead atoms. The van der Waals surface area contributed by atoms with Gasteiger partial charge >= 0.3 is 0 Å². The summed E-state index contributed by atoms with van der Waals surface area (Å²) in [5.74, 6) is -0.0907. The highest BCUT2D eigenvalue weighted by atomic mass is 79.9. The van der Waals surface area contributed by atoms with Crippen LogP contribution in [-0.2, 0) is 0 Å². The van der Waals surface area contributed by atoms with Crippen LogP contribution in [0.15, 0.2) is 22.8 Å². The van der Waals surface area contributed by atoms with E-state index in [4.69, 9.17) is 0 Å². The van der Waals surface area contributed by atoms with Crippen molar-refractivity contribution in [3.8, 4) is 0 Å². The molecule has 0 radical (unpaired) electrons. The largest absolute Gasteiger partial charge is 0.348 e. The van der Waals surface area contributed by atoms with Gasteiger partial charge in [-0.05, 0) is 61.0 Å². The standard InChI is InChI=1S/C12H16BrN3O/c1-16-7-4-9(5-8-16)15-12(17)11-10(13)3-2-6-14-11/h2-3,6,9H,4-5,7-8H2,1H3,(H,15,17). The number of rotatable bonds is 2. The van der Waals surface area contributed by atoms with Crippen molar-refractivity contribution in [3.63, 3.8) is 0 Å². The van der Waals surface area contributed by atoms with Gasteiger partial charge in [0.2, 0.25) is 0 Å². The maximum atomic E-state index is 12.0. The number of aromatic nitrogens is 1. The molecule has 1 N–H and O–H groups in total. The number of pyridine rings is 1. The smallest absolute Gasteiger partial charge is 0.271 e. The summed E-state index contributed by atoms with van der Waals surface area (Å²) in [6.45, 7) is 2.07. The molecule has 1 saturated heterocycles. The molecule has 0 aliphatic carbocycles. The first-order valence-electron chi connectivity index (χ1n) is 5.77. The third-order valence-electron chi connectivity index (χ3n) is 3.03. The molecule has 5 heteroatoms. The average molecular weight is 298 g/mol. The fourth-order valence-corrected chi connectivity index (χ4v) is 2.39. The Balaban J connectivity index is 1.96. The van der Waals surface area contributed by atoms with Gasteiger partial charge in [-0.1, -0.05) is 0 Å². The number of halogens is 1. The van der Waals surface area contributed by atoms with Crippen LogP contribution in [-0.4, -0.2) is 42.0 Å². The Labute approximate surface area is 110 Å². The number of piperidine rings is 1. The Morgan fingerprint density at radius 1 is 1.53 bits per heavy atom. The second kappa shape index (κ2) is 5.60. The summed E-state index contributed by atoms with van der Waals surface area (Å²) < 4.78 is 0.741. The lowest BCUT2D eigenvalue weighted by Crippen LogP contribution is -2.43. The van der Waals surface area contributed by atoms with Gasteiger partial charge in [0.1, 0.15) is 5.69 Å². The lowest BCUT2D eigenvalue weighted by molar-refractivity contribution is 0.0911. The van der Waals surface area contributed by atoms with Crippen LogP contribution >= 0.6 is 15.9 Å². The molecule has 0 saturated carbocycles. The Morgan fingerprint density at radius 2 is 2.24 bits per heavy atom. The van der Waals surface area contributed by atoms with E-state index in [9.17, 15) is 4.79 Å². The zero-order valence-corrected chi connectivity index (χ0v) is 11.4. The van der Waals surface area contributed by atoms with E-state index < -0.39 is 0 Å². The molecule has 1 aromatic heterocycles. The molecule has 1 aliphatic rings. The quantitative estimate of drug-likeness (QED) is 0.903. The Bertz CT molecular complexity index is 402. The minimum atomic E-state index is -0.0907. The molecule has 1 amide bonds. The summed E-state index contributed by atoms with van der Waals surface area (Å²) in [4.78, 5) is 18.4. The van der Waals surface area contributed by atoms with Gasteiger partial charge in [0.05, 0.1) is 0 Å². The zero-order chi connectivity index (χ0) is 12.3. The molecular weight excluding hydrogens is 282 g/mol. The minimum absolute atomic E-state index is 0.0907. The molecule has 0 unspecified atom stereocenters. The second-order valence-corrected chi connectivity index (χ2v) is 5.24. The molecular formula is C12H16BrN3O. The number of hydrogen-bond acceptors (Lipinski definition) is 3. The van der Waals surface area contributed by atoms with Crippen LogP contribution in [0.2, 0.25) is 0 Å². The third-order valence-corrected chi connectivity index (χ3v) is 3.67. The summed E-state index contributed by atoms with van der Waals surface area (Å²) in [7, 11) is 2.10. The van der Waals surface area contributed by atoms with Crippen molar-refractivity contribution in [1.82, 2.24) is 15.2 Å². The van der Waals surface area contributed by atoms with E-state index in [1.807, 2.05) is 6.07 Å². The van der Waals surface area contributed by atoms with E-state index in [0.29, 0.717) is 5.69 Å².